The van der Waals surface area contributed by atoms with Crippen molar-refractivity contribution in [3.8, 4) is 11.5 Å². The molecule has 18 heavy (non-hydrogen) atoms. The average Bonchev–Trinajstić information content (AvgIpc) is 2.35. The first-order chi connectivity index (χ1) is 8.61. The highest BCUT2D eigenvalue weighted by Crippen LogP contribution is 2.29. The molecule has 1 N–H and O–H groups in total. The van der Waals surface area contributed by atoms with E-state index in [2.05, 4.69) is 0 Å². The normalized spacial score (nSPS) is 10.4. The topological polar surface area (TPSA) is 29.5 Å². The zero-order chi connectivity index (χ0) is 13.1. The maximum Gasteiger partial charge on any atom is 0.130 e. The van der Waals surface area contributed by atoms with Crippen LogP contribution in [-0.2, 0) is 6.61 Å². The second-order valence-corrected chi connectivity index (χ2v) is 4.62. The molecular weight excluding hydrogens is 248 g/mol. The van der Waals surface area contributed by atoms with Crippen LogP contribution < -0.4 is 4.74 Å². The summed E-state index contributed by atoms with van der Waals surface area (Å²) in [6, 6.07) is 11.2. The van der Waals surface area contributed by atoms with Crippen LogP contribution in [0.15, 0.2) is 36.4 Å². The molecule has 0 aliphatic heterocycles. The summed E-state index contributed by atoms with van der Waals surface area (Å²) in [5.41, 5.74) is 3.00. The third-order valence-electron chi connectivity index (χ3n) is 2.98. The average molecular weight is 263 g/mol. The van der Waals surface area contributed by atoms with Gasteiger partial charge in [-0.25, -0.2) is 0 Å². The van der Waals surface area contributed by atoms with Gasteiger partial charge in [0.2, 0.25) is 0 Å². The molecule has 0 aromatic heterocycles. The Balaban J connectivity index is 2.29. The van der Waals surface area contributed by atoms with Crippen molar-refractivity contribution < 1.29 is 9.84 Å². The smallest absolute Gasteiger partial charge is 0.130 e. The molecule has 2 aromatic rings. The molecule has 0 aliphatic rings. The fourth-order valence-corrected chi connectivity index (χ4v) is 1.91. The van der Waals surface area contributed by atoms with Crippen LogP contribution in [0.4, 0.5) is 0 Å². The van der Waals surface area contributed by atoms with Crippen molar-refractivity contribution in [2.24, 2.45) is 0 Å². The molecule has 0 heterocycles. The lowest BCUT2D eigenvalue weighted by atomic mass is 10.1. The predicted octanol–water partition coefficient (Wildman–Crippen LogP) is 4.24. The van der Waals surface area contributed by atoms with Gasteiger partial charge in [0.25, 0.3) is 0 Å². The van der Waals surface area contributed by atoms with Gasteiger partial charge < -0.3 is 9.84 Å². The monoisotopic (exact) mass is 262 g/mol. The number of aliphatic hydroxyl groups is 1. The predicted molar refractivity (Wildman–Crippen MR) is 73.4 cm³/mol. The summed E-state index contributed by atoms with van der Waals surface area (Å²) in [4.78, 5) is 0. The maximum atomic E-state index is 9.05. The Morgan fingerprint density at radius 3 is 2.61 bits per heavy atom. The van der Waals surface area contributed by atoms with E-state index in [1.807, 2.05) is 32.0 Å². The lowest BCUT2D eigenvalue weighted by Gasteiger charge is -2.11. The summed E-state index contributed by atoms with van der Waals surface area (Å²) in [5.74, 6) is 1.49. The van der Waals surface area contributed by atoms with Crippen LogP contribution in [0.25, 0.3) is 0 Å². The molecular formula is C15H15ClO2. The SMILES string of the molecule is Cc1cccc(Oc2ccc(CO)c(Cl)c2)c1C. The van der Waals surface area contributed by atoms with E-state index >= 15 is 0 Å². The molecule has 2 aromatic carbocycles. The number of benzene rings is 2. The number of hydrogen-bond acceptors (Lipinski definition) is 2. The van der Waals surface area contributed by atoms with Gasteiger partial charge in [-0.15, -0.1) is 0 Å². The third kappa shape index (κ3) is 2.66. The quantitative estimate of drug-likeness (QED) is 0.896. The van der Waals surface area contributed by atoms with Gasteiger partial charge in [-0.05, 0) is 48.7 Å². The fraction of sp³-hybridized carbons (Fsp3) is 0.200. The van der Waals surface area contributed by atoms with Crippen LogP contribution in [0.3, 0.4) is 0 Å². The second kappa shape index (κ2) is 5.42. The van der Waals surface area contributed by atoms with E-state index in [-0.39, 0.29) is 6.61 Å². The lowest BCUT2D eigenvalue weighted by Crippen LogP contribution is -1.91. The Hall–Kier alpha value is -1.51. The van der Waals surface area contributed by atoms with Crippen molar-refractivity contribution in [3.05, 3.63) is 58.1 Å². The molecule has 2 rings (SSSR count). The molecule has 0 saturated carbocycles. The fourth-order valence-electron chi connectivity index (χ4n) is 1.68. The van der Waals surface area contributed by atoms with Crippen molar-refractivity contribution in [1.29, 1.82) is 0 Å². The molecule has 2 nitrogen and oxygen atoms in total. The minimum Gasteiger partial charge on any atom is -0.457 e. The molecule has 0 aliphatic carbocycles. The molecule has 0 spiro atoms. The van der Waals surface area contributed by atoms with E-state index in [9.17, 15) is 0 Å². The zero-order valence-electron chi connectivity index (χ0n) is 10.4. The molecule has 0 amide bonds. The molecule has 0 bridgehead atoms. The first kappa shape index (κ1) is 12.9. The van der Waals surface area contributed by atoms with Crippen LogP contribution in [0.1, 0.15) is 16.7 Å². The van der Waals surface area contributed by atoms with Crippen LogP contribution in [0.5, 0.6) is 11.5 Å². The van der Waals surface area contributed by atoms with Gasteiger partial charge in [0.05, 0.1) is 6.61 Å². The number of ether oxygens (including phenoxy) is 1. The Morgan fingerprint density at radius 2 is 1.94 bits per heavy atom. The highest BCUT2D eigenvalue weighted by atomic mass is 35.5. The number of hydrogen-bond donors (Lipinski definition) is 1. The van der Waals surface area contributed by atoms with Gasteiger partial charge >= 0.3 is 0 Å². The van der Waals surface area contributed by atoms with Gasteiger partial charge in [-0.3, -0.25) is 0 Å². The molecule has 94 valence electrons. The van der Waals surface area contributed by atoms with Crippen molar-refractivity contribution in [2.75, 3.05) is 0 Å². The Kier molecular flexibility index (Phi) is 3.90. The summed E-state index contributed by atoms with van der Waals surface area (Å²) in [5, 5.41) is 9.57. The van der Waals surface area contributed by atoms with Crippen molar-refractivity contribution in [2.45, 2.75) is 20.5 Å². The minimum atomic E-state index is -0.0669. The van der Waals surface area contributed by atoms with E-state index in [4.69, 9.17) is 21.4 Å². The van der Waals surface area contributed by atoms with E-state index in [0.29, 0.717) is 16.3 Å². The van der Waals surface area contributed by atoms with Gasteiger partial charge in [-0.1, -0.05) is 29.8 Å². The summed E-state index contributed by atoms with van der Waals surface area (Å²) >= 11 is 6.03. The molecule has 0 atom stereocenters. The summed E-state index contributed by atoms with van der Waals surface area (Å²) in [7, 11) is 0. The van der Waals surface area contributed by atoms with Crippen molar-refractivity contribution in [1.82, 2.24) is 0 Å². The van der Waals surface area contributed by atoms with Gasteiger partial charge in [0.15, 0.2) is 0 Å². The highest BCUT2D eigenvalue weighted by Gasteiger charge is 2.05. The van der Waals surface area contributed by atoms with E-state index in [1.54, 1.807) is 18.2 Å². The first-order valence-corrected chi connectivity index (χ1v) is 6.13. The molecule has 0 fully saturated rings. The number of halogens is 1. The Labute approximate surface area is 112 Å². The molecule has 0 unspecified atom stereocenters. The third-order valence-corrected chi connectivity index (χ3v) is 3.33. The maximum absolute atomic E-state index is 9.05. The molecule has 3 heteroatoms. The Morgan fingerprint density at radius 1 is 1.17 bits per heavy atom. The molecule has 0 radical (unpaired) electrons. The van der Waals surface area contributed by atoms with E-state index < -0.39 is 0 Å². The number of aryl methyl sites for hydroxylation is 1. The zero-order valence-corrected chi connectivity index (χ0v) is 11.2. The lowest BCUT2D eigenvalue weighted by molar-refractivity contribution is 0.282. The van der Waals surface area contributed by atoms with E-state index in [0.717, 1.165) is 11.3 Å². The number of aliphatic hydroxyl groups excluding tert-OH is 1. The van der Waals surface area contributed by atoms with Crippen molar-refractivity contribution >= 4 is 11.6 Å². The van der Waals surface area contributed by atoms with Crippen LogP contribution >= 0.6 is 11.6 Å². The highest BCUT2D eigenvalue weighted by molar-refractivity contribution is 6.31. The summed E-state index contributed by atoms with van der Waals surface area (Å²) < 4.78 is 5.80. The second-order valence-electron chi connectivity index (χ2n) is 4.21. The van der Waals surface area contributed by atoms with Crippen LogP contribution in [0, 0.1) is 13.8 Å². The van der Waals surface area contributed by atoms with Gasteiger partial charge in [-0.2, -0.15) is 0 Å². The standard InChI is InChI=1S/C15H15ClO2/c1-10-4-3-5-15(11(10)2)18-13-7-6-12(9-17)14(16)8-13/h3-8,17H,9H2,1-2H3. The summed E-state index contributed by atoms with van der Waals surface area (Å²) in [6.45, 7) is 4.00. The van der Waals surface area contributed by atoms with Gasteiger partial charge in [0.1, 0.15) is 11.5 Å². The van der Waals surface area contributed by atoms with Gasteiger partial charge in [0, 0.05) is 5.02 Å². The minimum absolute atomic E-state index is 0.0669. The summed E-state index contributed by atoms with van der Waals surface area (Å²) in [6.07, 6.45) is 0. The number of rotatable bonds is 3. The van der Waals surface area contributed by atoms with E-state index in [1.165, 1.54) is 5.56 Å². The Bertz CT molecular complexity index is 564. The van der Waals surface area contributed by atoms with Crippen molar-refractivity contribution in [3.63, 3.8) is 0 Å². The first-order valence-electron chi connectivity index (χ1n) is 5.75. The largest absolute Gasteiger partial charge is 0.457 e. The van der Waals surface area contributed by atoms with Crippen LogP contribution in [0.2, 0.25) is 5.02 Å². The molecule has 0 saturated heterocycles. The van der Waals surface area contributed by atoms with Crippen LogP contribution in [-0.4, -0.2) is 5.11 Å².